The van der Waals surface area contributed by atoms with Crippen LogP contribution < -0.4 is 19.9 Å². The fourth-order valence-electron chi connectivity index (χ4n) is 4.07. The number of nitrogens with zero attached hydrogens (tertiary/aromatic N) is 6. The normalized spacial score (nSPS) is 18.0. The Kier molecular flexibility index (Phi) is 5.64. The lowest BCUT2D eigenvalue weighted by Crippen LogP contribution is -2.49. The SMILES string of the molecule is CN1C(=O)[C@@H](NC(=O)c2ncn(Cc3ccccc3)n2)COc2cc(N3CCCC3)ncc21. The maximum Gasteiger partial charge on any atom is 0.291 e. The molecule has 1 fully saturated rings. The summed E-state index contributed by atoms with van der Waals surface area (Å²) in [6.07, 6.45) is 5.43. The van der Waals surface area contributed by atoms with Gasteiger partial charge in [-0.15, -0.1) is 5.10 Å². The van der Waals surface area contributed by atoms with Gasteiger partial charge in [0.2, 0.25) is 5.82 Å². The van der Waals surface area contributed by atoms with Gasteiger partial charge in [0.15, 0.2) is 0 Å². The van der Waals surface area contributed by atoms with Crippen LogP contribution in [0.1, 0.15) is 29.0 Å². The Morgan fingerprint density at radius 2 is 1.97 bits per heavy atom. The van der Waals surface area contributed by atoms with Crippen molar-refractivity contribution in [3.63, 3.8) is 0 Å². The monoisotopic (exact) mass is 447 g/mol. The van der Waals surface area contributed by atoms with Gasteiger partial charge in [0.05, 0.1) is 12.7 Å². The summed E-state index contributed by atoms with van der Waals surface area (Å²) in [4.78, 5) is 38.0. The van der Waals surface area contributed by atoms with Crippen LogP contribution in [0.4, 0.5) is 11.5 Å². The van der Waals surface area contributed by atoms with Crippen LogP contribution in [0.2, 0.25) is 0 Å². The fraction of sp³-hybridized carbons (Fsp3) is 0.348. The van der Waals surface area contributed by atoms with Crippen molar-refractivity contribution in [3.8, 4) is 5.75 Å². The average molecular weight is 447 g/mol. The third-order valence-corrected chi connectivity index (χ3v) is 5.89. The van der Waals surface area contributed by atoms with Gasteiger partial charge in [-0.25, -0.2) is 14.6 Å². The zero-order chi connectivity index (χ0) is 22.8. The van der Waals surface area contributed by atoms with Gasteiger partial charge in [-0.3, -0.25) is 9.59 Å². The van der Waals surface area contributed by atoms with Crippen molar-refractivity contribution >= 4 is 23.3 Å². The quantitative estimate of drug-likeness (QED) is 0.631. The molecular formula is C23H25N7O3. The van der Waals surface area contributed by atoms with Gasteiger partial charge in [-0.05, 0) is 18.4 Å². The lowest BCUT2D eigenvalue weighted by molar-refractivity contribution is -0.120. The molecule has 0 aliphatic carbocycles. The summed E-state index contributed by atoms with van der Waals surface area (Å²) < 4.78 is 7.52. The summed E-state index contributed by atoms with van der Waals surface area (Å²) >= 11 is 0. The molecule has 5 rings (SSSR count). The predicted molar refractivity (Wildman–Crippen MR) is 121 cm³/mol. The largest absolute Gasteiger partial charge is 0.488 e. The van der Waals surface area contributed by atoms with Crippen molar-refractivity contribution in [2.24, 2.45) is 0 Å². The first kappa shape index (κ1) is 20.9. The van der Waals surface area contributed by atoms with Gasteiger partial charge in [-0.2, -0.15) is 0 Å². The first-order valence-electron chi connectivity index (χ1n) is 11.0. The Bertz CT molecular complexity index is 1160. The van der Waals surface area contributed by atoms with Crippen LogP contribution in [0.25, 0.3) is 0 Å². The molecule has 3 aromatic rings. The minimum absolute atomic E-state index is 0.00105. The van der Waals surface area contributed by atoms with Crippen molar-refractivity contribution in [2.45, 2.75) is 25.4 Å². The number of nitrogens with one attached hydrogen (secondary N) is 1. The van der Waals surface area contributed by atoms with E-state index in [-0.39, 0.29) is 18.3 Å². The van der Waals surface area contributed by atoms with E-state index in [2.05, 4.69) is 25.3 Å². The summed E-state index contributed by atoms with van der Waals surface area (Å²) in [6.45, 7) is 2.43. The average Bonchev–Trinajstić information content (AvgIpc) is 3.52. The number of amides is 2. The van der Waals surface area contributed by atoms with Gasteiger partial charge >= 0.3 is 0 Å². The highest BCUT2D eigenvalue weighted by atomic mass is 16.5. The molecule has 10 heteroatoms. The predicted octanol–water partition coefficient (Wildman–Crippen LogP) is 1.48. The van der Waals surface area contributed by atoms with Gasteiger partial charge in [0, 0.05) is 26.2 Å². The van der Waals surface area contributed by atoms with E-state index < -0.39 is 11.9 Å². The number of hydrogen-bond donors (Lipinski definition) is 1. The van der Waals surface area contributed by atoms with Crippen LogP contribution in [-0.2, 0) is 11.3 Å². The second kappa shape index (κ2) is 8.89. The van der Waals surface area contributed by atoms with E-state index in [1.807, 2.05) is 36.4 Å². The van der Waals surface area contributed by atoms with E-state index in [0.717, 1.165) is 37.3 Å². The van der Waals surface area contributed by atoms with Crippen LogP contribution >= 0.6 is 0 Å². The third kappa shape index (κ3) is 4.36. The maximum absolute atomic E-state index is 13.0. The molecule has 10 nitrogen and oxygen atoms in total. The highest BCUT2D eigenvalue weighted by Gasteiger charge is 2.32. The molecule has 1 saturated heterocycles. The van der Waals surface area contributed by atoms with Crippen LogP contribution in [0.5, 0.6) is 5.75 Å². The summed E-state index contributed by atoms with van der Waals surface area (Å²) in [7, 11) is 1.65. The molecular weight excluding hydrogens is 422 g/mol. The lowest BCUT2D eigenvalue weighted by Gasteiger charge is -2.21. The molecule has 0 spiro atoms. The topological polar surface area (TPSA) is 105 Å². The third-order valence-electron chi connectivity index (χ3n) is 5.89. The summed E-state index contributed by atoms with van der Waals surface area (Å²) in [5.74, 6) is 0.592. The van der Waals surface area contributed by atoms with Crippen LogP contribution in [-0.4, -0.2) is 64.3 Å². The highest BCUT2D eigenvalue weighted by molar-refractivity contribution is 6.02. The van der Waals surface area contributed by atoms with Gasteiger partial charge in [0.1, 0.15) is 36.2 Å². The number of fused-ring (bicyclic) bond motifs is 1. The van der Waals surface area contributed by atoms with Gasteiger partial charge in [0.25, 0.3) is 11.8 Å². The molecule has 2 aromatic heterocycles. The van der Waals surface area contributed by atoms with E-state index in [1.54, 1.807) is 17.9 Å². The molecule has 0 unspecified atom stereocenters. The Labute approximate surface area is 191 Å². The van der Waals surface area contributed by atoms with Crippen molar-refractivity contribution in [1.29, 1.82) is 0 Å². The maximum atomic E-state index is 13.0. The van der Waals surface area contributed by atoms with Crippen LogP contribution in [0.15, 0.2) is 48.9 Å². The molecule has 1 aromatic carbocycles. The molecule has 1 N–H and O–H groups in total. The van der Waals surface area contributed by atoms with Crippen LogP contribution in [0, 0.1) is 0 Å². The van der Waals surface area contributed by atoms with E-state index in [4.69, 9.17) is 4.74 Å². The lowest BCUT2D eigenvalue weighted by atomic mass is 10.2. The zero-order valence-corrected chi connectivity index (χ0v) is 18.3. The van der Waals surface area contributed by atoms with Crippen molar-refractivity contribution in [3.05, 3.63) is 60.3 Å². The van der Waals surface area contributed by atoms with Crippen molar-refractivity contribution < 1.29 is 14.3 Å². The Morgan fingerprint density at radius 3 is 2.76 bits per heavy atom. The molecule has 0 saturated carbocycles. The minimum atomic E-state index is -0.869. The summed E-state index contributed by atoms with van der Waals surface area (Å²) in [5.41, 5.74) is 1.62. The van der Waals surface area contributed by atoms with Crippen molar-refractivity contribution in [2.75, 3.05) is 36.5 Å². The smallest absolute Gasteiger partial charge is 0.291 e. The number of anilines is 2. The molecule has 2 amide bonds. The van der Waals surface area contributed by atoms with E-state index in [1.165, 1.54) is 11.2 Å². The molecule has 2 aliphatic rings. The number of carbonyl (C=O) groups is 2. The summed E-state index contributed by atoms with van der Waals surface area (Å²) in [6, 6.07) is 10.8. The molecule has 0 bridgehead atoms. The fourth-order valence-corrected chi connectivity index (χ4v) is 4.07. The van der Waals surface area contributed by atoms with Crippen LogP contribution in [0.3, 0.4) is 0 Å². The second-order valence-electron chi connectivity index (χ2n) is 8.19. The number of pyridine rings is 1. The first-order valence-corrected chi connectivity index (χ1v) is 11.0. The first-order chi connectivity index (χ1) is 16.1. The second-order valence-corrected chi connectivity index (χ2v) is 8.19. The Morgan fingerprint density at radius 1 is 1.18 bits per heavy atom. The highest BCUT2D eigenvalue weighted by Crippen LogP contribution is 2.33. The number of carbonyl (C=O) groups excluding carboxylic acids is 2. The van der Waals surface area contributed by atoms with E-state index >= 15 is 0 Å². The molecule has 2 aliphatic heterocycles. The Balaban J connectivity index is 1.27. The molecule has 170 valence electrons. The molecule has 1 atom stereocenters. The number of ether oxygens (including phenoxy) is 1. The Hall–Kier alpha value is -3.95. The molecule has 33 heavy (non-hydrogen) atoms. The zero-order valence-electron chi connectivity index (χ0n) is 18.3. The van der Waals surface area contributed by atoms with Gasteiger partial charge < -0.3 is 19.9 Å². The molecule has 4 heterocycles. The van der Waals surface area contributed by atoms with Crippen molar-refractivity contribution in [1.82, 2.24) is 25.1 Å². The number of aromatic nitrogens is 4. The number of benzene rings is 1. The standard InChI is InChI=1S/C23H25N7O3/c1-28-18-12-24-20(29-9-5-6-10-29)11-19(18)33-14-17(23(28)32)26-22(31)21-25-15-30(27-21)13-16-7-3-2-4-8-16/h2-4,7-8,11-12,15,17H,5-6,9-10,13-14H2,1H3,(H,26,31)/t17-/m0/s1. The van der Waals surface area contributed by atoms with E-state index in [0.29, 0.717) is 18.0 Å². The minimum Gasteiger partial charge on any atom is -0.488 e. The summed E-state index contributed by atoms with van der Waals surface area (Å²) in [5, 5.41) is 6.96. The van der Waals surface area contributed by atoms with E-state index in [9.17, 15) is 9.59 Å². The molecule has 0 radical (unpaired) electrons. The number of hydrogen-bond acceptors (Lipinski definition) is 7. The van der Waals surface area contributed by atoms with Gasteiger partial charge in [-0.1, -0.05) is 30.3 Å². The number of likely N-dealkylation sites (N-methyl/N-ethyl adjacent to an activating group) is 1. The number of rotatable bonds is 5.